The molecule has 1 aliphatic rings. The van der Waals surface area contributed by atoms with E-state index in [1.54, 1.807) is 0 Å². The molecule has 0 aromatic carbocycles. The molecule has 0 aromatic heterocycles. The number of carbonyl (C=O) groups excluding carboxylic acids is 1. The molecule has 1 saturated heterocycles. The van der Waals surface area contributed by atoms with Gasteiger partial charge >= 0.3 is 5.97 Å². The molecule has 80 valence electrons. The Morgan fingerprint density at radius 1 is 1.57 bits per heavy atom. The molecule has 2 unspecified atom stereocenters. The van der Waals surface area contributed by atoms with Crippen LogP contribution in [0.5, 0.6) is 0 Å². The fourth-order valence-electron chi connectivity index (χ4n) is 1.64. The summed E-state index contributed by atoms with van der Waals surface area (Å²) in [5, 5.41) is 10.8. The van der Waals surface area contributed by atoms with Gasteiger partial charge in [-0.3, -0.25) is 9.59 Å². The fraction of sp³-hybridized carbons (Fsp3) is 0.778. The maximum Gasteiger partial charge on any atom is 0.322 e. The Balaban J connectivity index is 2.39. The van der Waals surface area contributed by atoms with Crippen LogP contribution in [-0.2, 0) is 14.3 Å². The van der Waals surface area contributed by atoms with Gasteiger partial charge in [0.2, 0.25) is 5.91 Å². The number of carboxylic acid groups (broad SMARTS) is 1. The minimum atomic E-state index is -1.02. The zero-order valence-electron chi connectivity index (χ0n) is 8.16. The van der Waals surface area contributed by atoms with Crippen LogP contribution in [0.1, 0.15) is 19.8 Å². The van der Waals surface area contributed by atoms with Crippen LogP contribution >= 0.6 is 0 Å². The first-order valence-corrected chi connectivity index (χ1v) is 4.76. The van der Waals surface area contributed by atoms with Crippen molar-refractivity contribution in [1.82, 2.24) is 5.32 Å². The molecule has 0 radical (unpaired) electrons. The average molecular weight is 201 g/mol. The van der Waals surface area contributed by atoms with E-state index in [1.807, 2.05) is 6.92 Å². The highest BCUT2D eigenvalue weighted by atomic mass is 16.5. The molecule has 1 heterocycles. The number of aliphatic carboxylic acids is 1. The summed E-state index contributed by atoms with van der Waals surface area (Å²) in [7, 11) is 0. The number of nitrogens with one attached hydrogen (secondary N) is 1. The molecule has 0 bridgehead atoms. The van der Waals surface area contributed by atoms with Gasteiger partial charge in [0, 0.05) is 6.61 Å². The maximum absolute atomic E-state index is 11.5. The Hall–Kier alpha value is -1.10. The molecule has 5 heteroatoms. The molecule has 0 saturated carbocycles. The highest BCUT2D eigenvalue weighted by Gasteiger charge is 2.32. The Morgan fingerprint density at radius 3 is 2.86 bits per heavy atom. The van der Waals surface area contributed by atoms with E-state index in [2.05, 4.69) is 5.32 Å². The Morgan fingerprint density at radius 2 is 2.29 bits per heavy atom. The number of carbonyl (C=O) groups is 2. The normalized spacial score (nSPS) is 26.1. The Labute approximate surface area is 82.4 Å². The van der Waals surface area contributed by atoms with Crippen LogP contribution in [-0.4, -0.2) is 36.2 Å². The summed E-state index contributed by atoms with van der Waals surface area (Å²) in [5.74, 6) is -1.42. The maximum atomic E-state index is 11.5. The first-order valence-electron chi connectivity index (χ1n) is 4.76. The lowest BCUT2D eigenvalue weighted by molar-refractivity contribution is -0.138. The topological polar surface area (TPSA) is 75.6 Å². The van der Waals surface area contributed by atoms with Gasteiger partial charge in [-0.25, -0.2) is 0 Å². The summed E-state index contributed by atoms with van der Waals surface area (Å²) in [6, 6.07) is 0. The van der Waals surface area contributed by atoms with Gasteiger partial charge in [-0.1, -0.05) is 6.92 Å². The summed E-state index contributed by atoms with van der Waals surface area (Å²) in [4.78, 5) is 21.7. The van der Waals surface area contributed by atoms with Gasteiger partial charge in [0.15, 0.2) is 0 Å². The zero-order chi connectivity index (χ0) is 10.6. The molecule has 1 amide bonds. The highest BCUT2D eigenvalue weighted by molar-refractivity contribution is 5.83. The number of hydrogen-bond donors (Lipinski definition) is 2. The summed E-state index contributed by atoms with van der Waals surface area (Å²) in [6.07, 6.45) is 1.42. The molecule has 1 rings (SSSR count). The number of carboxylic acids is 1. The summed E-state index contributed by atoms with van der Waals surface area (Å²) in [5.41, 5.74) is 0. The van der Waals surface area contributed by atoms with E-state index in [4.69, 9.17) is 9.84 Å². The quantitative estimate of drug-likeness (QED) is 0.671. The van der Waals surface area contributed by atoms with Gasteiger partial charge in [0.05, 0.1) is 12.0 Å². The van der Waals surface area contributed by atoms with Crippen LogP contribution in [0.4, 0.5) is 0 Å². The first kappa shape index (κ1) is 11.0. The van der Waals surface area contributed by atoms with E-state index in [0.29, 0.717) is 13.0 Å². The number of rotatable bonds is 4. The lowest BCUT2D eigenvalue weighted by atomic mass is 9.99. The predicted molar refractivity (Wildman–Crippen MR) is 48.8 cm³/mol. The monoisotopic (exact) mass is 201 g/mol. The zero-order valence-corrected chi connectivity index (χ0v) is 8.16. The Bertz CT molecular complexity index is 229. The molecule has 1 fully saturated rings. The van der Waals surface area contributed by atoms with Crippen molar-refractivity contribution in [3.05, 3.63) is 0 Å². The standard InChI is InChI=1S/C9H15NO4/c1-2-7-6(3-4-14-7)9(13)10-5-8(11)12/h6-7H,2-5H2,1H3,(H,10,13)(H,11,12). The van der Waals surface area contributed by atoms with Crippen molar-refractivity contribution >= 4 is 11.9 Å². The van der Waals surface area contributed by atoms with Gasteiger partial charge in [-0.05, 0) is 12.8 Å². The summed E-state index contributed by atoms with van der Waals surface area (Å²) < 4.78 is 5.33. The second-order valence-corrected chi connectivity index (χ2v) is 3.32. The number of hydrogen-bond acceptors (Lipinski definition) is 3. The van der Waals surface area contributed by atoms with Gasteiger partial charge < -0.3 is 15.2 Å². The highest BCUT2D eigenvalue weighted by Crippen LogP contribution is 2.23. The van der Waals surface area contributed by atoms with Crippen molar-refractivity contribution in [2.45, 2.75) is 25.9 Å². The second kappa shape index (κ2) is 4.95. The van der Waals surface area contributed by atoms with E-state index in [1.165, 1.54) is 0 Å². The van der Waals surface area contributed by atoms with Crippen molar-refractivity contribution < 1.29 is 19.4 Å². The number of amides is 1. The van der Waals surface area contributed by atoms with Crippen molar-refractivity contribution in [3.63, 3.8) is 0 Å². The van der Waals surface area contributed by atoms with E-state index >= 15 is 0 Å². The van der Waals surface area contributed by atoms with Crippen molar-refractivity contribution in [1.29, 1.82) is 0 Å². The van der Waals surface area contributed by atoms with Crippen LogP contribution in [0, 0.1) is 5.92 Å². The van der Waals surface area contributed by atoms with E-state index in [-0.39, 0.29) is 24.5 Å². The van der Waals surface area contributed by atoms with Crippen LogP contribution in [0.25, 0.3) is 0 Å². The van der Waals surface area contributed by atoms with Crippen molar-refractivity contribution in [2.24, 2.45) is 5.92 Å². The lowest BCUT2D eigenvalue weighted by Crippen LogP contribution is -2.37. The SMILES string of the molecule is CCC1OCCC1C(=O)NCC(=O)O. The average Bonchev–Trinajstić information content (AvgIpc) is 2.61. The molecule has 0 aromatic rings. The second-order valence-electron chi connectivity index (χ2n) is 3.32. The lowest BCUT2D eigenvalue weighted by Gasteiger charge is -2.15. The molecule has 0 aliphatic carbocycles. The van der Waals surface area contributed by atoms with Crippen LogP contribution in [0.3, 0.4) is 0 Å². The van der Waals surface area contributed by atoms with Gasteiger partial charge in [-0.15, -0.1) is 0 Å². The van der Waals surface area contributed by atoms with Crippen molar-refractivity contribution in [2.75, 3.05) is 13.2 Å². The third kappa shape index (κ3) is 2.70. The van der Waals surface area contributed by atoms with Crippen LogP contribution in [0.2, 0.25) is 0 Å². The van der Waals surface area contributed by atoms with Gasteiger partial charge in [0.25, 0.3) is 0 Å². The molecule has 2 N–H and O–H groups in total. The molecule has 0 spiro atoms. The number of ether oxygens (including phenoxy) is 1. The predicted octanol–water partition coefficient (Wildman–Crippen LogP) is 0.00230. The van der Waals surface area contributed by atoms with Gasteiger partial charge in [-0.2, -0.15) is 0 Å². The minimum Gasteiger partial charge on any atom is -0.480 e. The van der Waals surface area contributed by atoms with Crippen LogP contribution in [0.15, 0.2) is 0 Å². The van der Waals surface area contributed by atoms with Crippen LogP contribution < -0.4 is 5.32 Å². The molecule has 2 atom stereocenters. The summed E-state index contributed by atoms with van der Waals surface area (Å²) >= 11 is 0. The van der Waals surface area contributed by atoms with Gasteiger partial charge in [0.1, 0.15) is 6.54 Å². The first-order chi connectivity index (χ1) is 6.65. The third-order valence-electron chi connectivity index (χ3n) is 2.36. The van der Waals surface area contributed by atoms with E-state index in [0.717, 1.165) is 6.42 Å². The Kier molecular flexibility index (Phi) is 3.88. The largest absolute Gasteiger partial charge is 0.480 e. The smallest absolute Gasteiger partial charge is 0.322 e. The minimum absolute atomic E-state index is 0.0520. The molecule has 14 heavy (non-hydrogen) atoms. The van der Waals surface area contributed by atoms with Crippen molar-refractivity contribution in [3.8, 4) is 0 Å². The summed E-state index contributed by atoms with van der Waals surface area (Å²) in [6.45, 7) is 2.23. The molecular weight excluding hydrogens is 186 g/mol. The fourth-order valence-corrected chi connectivity index (χ4v) is 1.64. The van der Waals surface area contributed by atoms with E-state index in [9.17, 15) is 9.59 Å². The third-order valence-corrected chi connectivity index (χ3v) is 2.36. The van der Waals surface area contributed by atoms with E-state index < -0.39 is 5.97 Å². The molecule has 1 aliphatic heterocycles. The molecular formula is C9H15NO4. The molecule has 5 nitrogen and oxygen atoms in total.